The standard InChI is InChI=1S/C10H7BrN2OS2/c11-10-12-9(13-16-10)7-5-15-8-4-2-1-3-6(8)14-7/h1-4,7H,5H2. The molecule has 2 heterocycles. The summed E-state index contributed by atoms with van der Waals surface area (Å²) in [6.45, 7) is 0. The largest absolute Gasteiger partial charge is 0.480 e. The van der Waals surface area contributed by atoms with Crippen LogP contribution in [0.2, 0.25) is 0 Å². The summed E-state index contributed by atoms with van der Waals surface area (Å²) < 4.78 is 10.9. The minimum absolute atomic E-state index is 0.0394. The zero-order valence-corrected chi connectivity index (χ0v) is 11.3. The molecule has 1 aromatic heterocycles. The minimum Gasteiger partial charge on any atom is -0.480 e. The number of nitrogens with zero attached hydrogens (tertiary/aromatic N) is 2. The minimum atomic E-state index is -0.0394. The fourth-order valence-corrected chi connectivity index (χ4v) is 3.33. The van der Waals surface area contributed by atoms with Crippen LogP contribution in [0.3, 0.4) is 0 Å². The lowest BCUT2D eigenvalue weighted by Gasteiger charge is -2.23. The first-order valence-electron chi connectivity index (χ1n) is 4.70. The fourth-order valence-electron chi connectivity index (χ4n) is 1.49. The molecule has 6 heteroatoms. The van der Waals surface area contributed by atoms with Crippen molar-refractivity contribution in [2.45, 2.75) is 11.0 Å². The quantitative estimate of drug-likeness (QED) is 0.806. The number of halogens is 1. The molecule has 1 atom stereocenters. The normalized spacial score (nSPS) is 18.9. The highest BCUT2D eigenvalue weighted by atomic mass is 79.9. The Kier molecular flexibility index (Phi) is 2.87. The molecule has 1 aliphatic rings. The zero-order chi connectivity index (χ0) is 11.0. The first-order chi connectivity index (χ1) is 7.83. The van der Waals surface area contributed by atoms with Gasteiger partial charge in [0, 0.05) is 10.6 Å². The second-order valence-electron chi connectivity index (χ2n) is 3.27. The van der Waals surface area contributed by atoms with E-state index in [0.29, 0.717) is 0 Å². The molecule has 0 saturated carbocycles. The molecule has 0 fully saturated rings. The van der Waals surface area contributed by atoms with Gasteiger partial charge in [-0.25, -0.2) is 4.98 Å². The van der Waals surface area contributed by atoms with Gasteiger partial charge in [0.1, 0.15) is 5.75 Å². The van der Waals surface area contributed by atoms with E-state index in [0.717, 1.165) is 21.2 Å². The molecule has 82 valence electrons. The van der Waals surface area contributed by atoms with E-state index in [1.54, 1.807) is 11.8 Å². The van der Waals surface area contributed by atoms with Crippen LogP contribution in [-0.4, -0.2) is 15.1 Å². The summed E-state index contributed by atoms with van der Waals surface area (Å²) in [5.41, 5.74) is 0. The van der Waals surface area contributed by atoms with Gasteiger partial charge in [0.15, 0.2) is 15.8 Å². The highest BCUT2D eigenvalue weighted by Crippen LogP contribution is 2.39. The van der Waals surface area contributed by atoms with Crippen LogP contribution in [0, 0.1) is 0 Å². The van der Waals surface area contributed by atoms with E-state index in [1.165, 1.54) is 16.4 Å². The van der Waals surface area contributed by atoms with Crippen molar-refractivity contribution < 1.29 is 4.74 Å². The van der Waals surface area contributed by atoms with Crippen molar-refractivity contribution in [2.75, 3.05) is 5.75 Å². The summed E-state index contributed by atoms with van der Waals surface area (Å²) in [6, 6.07) is 8.05. The van der Waals surface area contributed by atoms with Crippen LogP contribution in [-0.2, 0) is 0 Å². The molecule has 0 N–H and O–H groups in total. The van der Waals surface area contributed by atoms with Gasteiger partial charge in [-0.1, -0.05) is 12.1 Å². The van der Waals surface area contributed by atoms with Gasteiger partial charge in [-0.05, 0) is 39.6 Å². The first kappa shape index (κ1) is 10.6. The lowest BCUT2D eigenvalue weighted by atomic mass is 10.3. The molecule has 3 nitrogen and oxygen atoms in total. The number of rotatable bonds is 1. The van der Waals surface area contributed by atoms with E-state index in [-0.39, 0.29) is 6.10 Å². The lowest BCUT2D eigenvalue weighted by molar-refractivity contribution is 0.212. The molecule has 1 unspecified atom stereocenters. The van der Waals surface area contributed by atoms with Crippen LogP contribution in [0.5, 0.6) is 5.75 Å². The Labute approximate surface area is 110 Å². The van der Waals surface area contributed by atoms with Gasteiger partial charge < -0.3 is 4.74 Å². The SMILES string of the molecule is Brc1nc(C2CSc3ccccc3O2)ns1. The number of thioether (sulfide) groups is 1. The number of benzene rings is 1. The molecule has 0 radical (unpaired) electrons. The van der Waals surface area contributed by atoms with Crippen LogP contribution in [0.15, 0.2) is 33.1 Å². The highest BCUT2D eigenvalue weighted by Gasteiger charge is 2.24. The van der Waals surface area contributed by atoms with Crippen LogP contribution in [0.25, 0.3) is 0 Å². The van der Waals surface area contributed by atoms with Crippen molar-refractivity contribution in [3.63, 3.8) is 0 Å². The summed E-state index contributed by atoms with van der Waals surface area (Å²) in [6.07, 6.45) is -0.0394. The molecule has 1 aliphatic heterocycles. The number of ether oxygens (including phenoxy) is 1. The molecule has 0 spiro atoms. The van der Waals surface area contributed by atoms with Crippen LogP contribution in [0.1, 0.15) is 11.9 Å². The zero-order valence-electron chi connectivity index (χ0n) is 8.09. The van der Waals surface area contributed by atoms with E-state index in [1.807, 2.05) is 18.2 Å². The average Bonchev–Trinajstić information content (AvgIpc) is 2.75. The number of para-hydroxylation sites is 1. The molecule has 0 bridgehead atoms. The fraction of sp³-hybridized carbons (Fsp3) is 0.200. The van der Waals surface area contributed by atoms with Gasteiger partial charge in [0.05, 0.1) is 0 Å². The Morgan fingerprint density at radius 3 is 3.06 bits per heavy atom. The Hall–Kier alpha value is -0.590. The van der Waals surface area contributed by atoms with Gasteiger partial charge in [-0.3, -0.25) is 0 Å². The molecule has 16 heavy (non-hydrogen) atoms. The molecule has 2 aromatic rings. The van der Waals surface area contributed by atoms with E-state index < -0.39 is 0 Å². The molecule has 0 saturated heterocycles. The summed E-state index contributed by atoms with van der Waals surface area (Å²) in [5.74, 6) is 2.55. The number of aromatic nitrogens is 2. The summed E-state index contributed by atoms with van der Waals surface area (Å²) in [4.78, 5) is 5.48. The maximum absolute atomic E-state index is 5.87. The number of fused-ring (bicyclic) bond motifs is 1. The van der Waals surface area contributed by atoms with Crippen molar-refractivity contribution in [3.8, 4) is 5.75 Å². The average molecular weight is 315 g/mol. The molecule has 3 rings (SSSR count). The van der Waals surface area contributed by atoms with Gasteiger partial charge >= 0.3 is 0 Å². The van der Waals surface area contributed by atoms with Crippen molar-refractivity contribution in [3.05, 3.63) is 34.0 Å². The van der Waals surface area contributed by atoms with Crippen LogP contribution >= 0.6 is 39.2 Å². The molecule has 0 amide bonds. The molecule has 1 aromatic carbocycles. The molecule has 0 aliphatic carbocycles. The smallest absolute Gasteiger partial charge is 0.185 e. The van der Waals surface area contributed by atoms with E-state index in [9.17, 15) is 0 Å². The van der Waals surface area contributed by atoms with Gasteiger partial charge in [-0.2, -0.15) is 4.37 Å². The Bertz CT molecular complexity index is 517. The lowest BCUT2D eigenvalue weighted by Crippen LogP contribution is -2.15. The van der Waals surface area contributed by atoms with Crippen LogP contribution < -0.4 is 4.74 Å². The summed E-state index contributed by atoms with van der Waals surface area (Å²) in [5, 5.41) is 0. The predicted molar refractivity (Wildman–Crippen MR) is 68.1 cm³/mol. The van der Waals surface area contributed by atoms with Gasteiger partial charge in [0.2, 0.25) is 0 Å². The van der Waals surface area contributed by atoms with Crippen molar-refractivity contribution in [2.24, 2.45) is 0 Å². The summed E-state index contributed by atoms with van der Waals surface area (Å²) in [7, 11) is 0. The topological polar surface area (TPSA) is 35.0 Å². The van der Waals surface area contributed by atoms with Crippen molar-refractivity contribution >= 4 is 39.2 Å². The Balaban J connectivity index is 1.88. The number of hydrogen-bond acceptors (Lipinski definition) is 5. The van der Waals surface area contributed by atoms with Crippen molar-refractivity contribution in [1.82, 2.24) is 9.36 Å². The van der Waals surface area contributed by atoms with E-state index >= 15 is 0 Å². The maximum Gasteiger partial charge on any atom is 0.185 e. The third-order valence-electron chi connectivity index (χ3n) is 2.21. The van der Waals surface area contributed by atoms with Crippen molar-refractivity contribution in [1.29, 1.82) is 0 Å². The highest BCUT2D eigenvalue weighted by molar-refractivity contribution is 9.11. The summed E-state index contributed by atoms with van der Waals surface area (Å²) >= 11 is 6.44. The third kappa shape index (κ3) is 1.97. The van der Waals surface area contributed by atoms with E-state index in [2.05, 4.69) is 31.4 Å². The monoisotopic (exact) mass is 314 g/mol. The van der Waals surface area contributed by atoms with Gasteiger partial charge in [-0.15, -0.1) is 11.8 Å². The number of hydrogen-bond donors (Lipinski definition) is 0. The first-order valence-corrected chi connectivity index (χ1v) is 7.26. The second kappa shape index (κ2) is 4.35. The van der Waals surface area contributed by atoms with Crippen LogP contribution in [0.4, 0.5) is 0 Å². The maximum atomic E-state index is 5.87. The molecular formula is C10H7BrN2OS2. The van der Waals surface area contributed by atoms with E-state index in [4.69, 9.17) is 4.74 Å². The third-order valence-corrected chi connectivity index (χ3v) is 4.46. The Morgan fingerprint density at radius 1 is 1.38 bits per heavy atom. The molecular weight excluding hydrogens is 308 g/mol. The second-order valence-corrected chi connectivity index (χ2v) is 6.36. The van der Waals surface area contributed by atoms with Gasteiger partial charge in [0.25, 0.3) is 0 Å². The predicted octanol–water partition coefficient (Wildman–Crippen LogP) is 3.53. The Morgan fingerprint density at radius 2 is 2.25 bits per heavy atom.